The van der Waals surface area contributed by atoms with Crippen LogP contribution in [0.3, 0.4) is 0 Å². The van der Waals surface area contributed by atoms with Gasteiger partial charge in [-0.1, -0.05) is 31.2 Å². The number of aryl methyl sites for hydroxylation is 1. The first-order valence-electron chi connectivity index (χ1n) is 7.53. The second kappa shape index (κ2) is 7.98. The van der Waals surface area contributed by atoms with Crippen molar-refractivity contribution >= 4 is 17.7 Å². The van der Waals surface area contributed by atoms with Crippen LogP contribution in [0.2, 0.25) is 0 Å². The SMILES string of the molecule is CCCNC(=O)Nc1cccc(OC(=O)c2ccccc2C)c1. The van der Waals surface area contributed by atoms with E-state index in [1.165, 1.54) is 0 Å². The molecule has 2 rings (SSSR count). The highest BCUT2D eigenvalue weighted by Gasteiger charge is 2.11. The van der Waals surface area contributed by atoms with Crippen molar-refractivity contribution in [3.63, 3.8) is 0 Å². The van der Waals surface area contributed by atoms with Crippen molar-refractivity contribution in [1.29, 1.82) is 0 Å². The number of benzene rings is 2. The van der Waals surface area contributed by atoms with Gasteiger partial charge in [0, 0.05) is 18.3 Å². The second-order valence-electron chi connectivity index (χ2n) is 5.11. The molecule has 0 aliphatic rings. The number of hydrogen-bond donors (Lipinski definition) is 2. The predicted octanol–water partition coefficient (Wildman–Crippen LogP) is 3.75. The molecule has 5 nitrogen and oxygen atoms in total. The van der Waals surface area contributed by atoms with E-state index in [1.807, 2.05) is 26.0 Å². The largest absolute Gasteiger partial charge is 0.423 e. The number of anilines is 1. The number of esters is 1. The van der Waals surface area contributed by atoms with Crippen molar-refractivity contribution in [2.24, 2.45) is 0 Å². The monoisotopic (exact) mass is 312 g/mol. The van der Waals surface area contributed by atoms with Gasteiger partial charge in [-0.25, -0.2) is 9.59 Å². The molecule has 2 aromatic rings. The summed E-state index contributed by atoms with van der Waals surface area (Å²) in [6, 6.07) is 13.7. The van der Waals surface area contributed by atoms with Gasteiger partial charge in [0.15, 0.2) is 0 Å². The van der Waals surface area contributed by atoms with E-state index in [0.29, 0.717) is 23.5 Å². The zero-order valence-electron chi connectivity index (χ0n) is 13.3. The van der Waals surface area contributed by atoms with Crippen LogP contribution in [-0.2, 0) is 0 Å². The quantitative estimate of drug-likeness (QED) is 0.653. The Kier molecular flexibility index (Phi) is 5.74. The minimum atomic E-state index is -0.421. The molecule has 2 aromatic carbocycles. The van der Waals surface area contributed by atoms with Gasteiger partial charge in [-0.2, -0.15) is 0 Å². The van der Waals surface area contributed by atoms with E-state index in [1.54, 1.807) is 36.4 Å². The molecule has 5 heteroatoms. The molecule has 2 amide bonds. The Morgan fingerprint density at radius 3 is 2.61 bits per heavy atom. The van der Waals surface area contributed by atoms with E-state index < -0.39 is 5.97 Å². The maximum atomic E-state index is 12.2. The average Bonchev–Trinajstić information content (AvgIpc) is 2.53. The maximum Gasteiger partial charge on any atom is 0.343 e. The Balaban J connectivity index is 2.04. The molecule has 0 aromatic heterocycles. The number of carbonyl (C=O) groups excluding carboxylic acids is 2. The van der Waals surface area contributed by atoms with Gasteiger partial charge in [0.2, 0.25) is 0 Å². The summed E-state index contributed by atoms with van der Waals surface area (Å²) >= 11 is 0. The highest BCUT2D eigenvalue weighted by molar-refractivity contribution is 5.93. The minimum absolute atomic E-state index is 0.283. The van der Waals surface area contributed by atoms with Gasteiger partial charge in [0.25, 0.3) is 0 Å². The van der Waals surface area contributed by atoms with E-state index in [9.17, 15) is 9.59 Å². The third-order valence-electron chi connectivity index (χ3n) is 3.20. The smallest absolute Gasteiger partial charge is 0.343 e. The third-order valence-corrected chi connectivity index (χ3v) is 3.20. The first kappa shape index (κ1) is 16.5. The molecule has 0 radical (unpaired) electrons. The van der Waals surface area contributed by atoms with E-state index in [-0.39, 0.29) is 6.03 Å². The Hall–Kier alpha value is -2.82. The number of urea groups is 1. The molecule has 0 saturated heterocycles. The van der Waals surface area contributed by atoms with Crippen molar-refractivity contribution in [2.45, 2.75) is 20.3 Å². The van der Waals surface area contributed by atoms with Crippen molar-refractivity contribution in [2.75, 3.05) is 11.9 Å². The van der Waals surface area contributed by atoms with Crippen LogP contribution < -0.4 is 15.4 Å². The number of nitrogens with one attached hydrogen (secondary N) is 2. The molecule has 0 bridgehead atoms. The number of amides is 2. The van der Waals surface area contributed by atoms with Crippen LogP contribution in [-0.4, -0.2) is 18.5 Å². The summed E-state index contributed by atoms with van der Waals surface area (Å²) in [6.07, 6.45) is 0.863. The van der Waals surface area contributed by atoms with E-state index in [0.717, 1.165) is 12.0 Å². The lowest BCUT2D eigenvalue weighted by atomic mass is 10.1. The first-order valence-corrected chi connectivity index (χ1v) is 7.53. The van der Waals surface area contributed by atoms with Crippen LogP contribution in [0.15, 0.2) is 48.5 Å². The molecule has 0 heterocycles. The van der Waals surface area contributed by atoms with Gasteiger partial charge < -0.3 is 15.4 Å². The molecule has 0 atom stereocenters. The van der Waals surface area contributed by atoms with E-state index in [4.69, 9.17) is 4.74 Å². The summed E-state index contributed by atoms with van der Waals surface area (Å²) in [5.74, 6) is -0.0396. The molecular weight excluding hydrogens is 292 g/mol. The maximum absolute atomic E-state index is 12.2. The lowest BCUT2D eigenvalue weighted by Gasteiger charge is -2.09. The molecule has 2 N–H and O–H groups in total. The van der Waals surface area contributed by atoms with Crippen LogP contribution >= 0.6 is 0 Å². The molecule has 0 unspecified atom stereocenters. The molecule has 0 spiro atoms. The van der Waals surface area contributed by atoms with Crippen LogP contribution in [0.1, 0.15) is 29.3 Å². The molecule has 0 aliphatic carbocycles. The van der Waals surface area contributed by atoms with Gasteiger partial charge in [-0.05, 0) is 37.1 Å². The Labute approximate surface area is 135 Å². The van der Waals surface area contributed by atoms with Crippen LogP contribution in [0.25, 0.3) is 0 Å². The van der Waals surface area contributed by atoms with Crippen LogP contribution in [0, 0.1) is 6.92 Å². The summed E-state index contributed by atoms with van der Waals surface area (Å²) < 4.78 is 5.37. The molecule has 0 saturated carbocycles. The fourth-order valence-corrected chi connectivity index (χ4v) is 2.02. The van der Waals surface area contributed by atoms with Gasteiger partial charge in [0.1, 0.15) is 5.75 Å². The fraction of sp³-hybridized carbons (Fsp3) is 0.222. The van der Waals surface area contributed by atoms with Gasteiger partial charge in [-0.3, -0.25) is 0 Å². The summed E-state index contributed by atoms with van der Waals surface area (Å²) in [4.78, 5) is 23.8. The predicted molar refractivity (Wildman–Crippen MR) is 89.9 cm³/mol. The first-order chi connectivity index (χ1) is 11.1. The third kappa shape index (κ3) is 4.85. The number of ether oxygens (including phenoxy) is 1. The lowest BCUT2D eigenvalue weighted by Crippen LogP contribution is -2.29. The summed E-state index contributed by atoms with van der Waals surface area (Å²) in [6.45, 7) is 4.44. The molecule has 0 fully saturated rings. The average molecular weight is 312 g/mol. The molecule has 23 heavy (non-hydrogen) atoms. The fourth-order valence-electron chi connectivity index (χ4n) is 2.02. The van der Waals surface area contributed by atoms with Crippen molar-refractivity contribution in [3.8, 4) is 5.75 Å². The standard InChI is InChI=1S/C18H20N2O3/c1-3-11-19-18(22)20-14-8-6-9-15(12-14)23-17(21)16-10-5-4-7-13(16)2/h4-10,12H,3,11H2,1-2H3,(H2,19,20,22). The van der Waals surface area contributed by atoms with Crippen molar-refractivity contribution < 1.29 is 14.3 Å². The summed E-state index contributed by atoms with van der Waals surface area (Å²) in [5.41, 5.74) is 1.94. The van der Waals surface area contributed by atoms with E-state index in [2.05, 4.69) is 10.6 Å². The highest BCUT2D eigenvalue weighted by Crippen LogP contribution is 2.19. The molecular formula is C18H20N2O3. The van der Waals surface area contributed by atoms with Crippen molar-refractivity contribution in [3.05, 3.63) is 59.7 Å². The molecule has 0 aliphatic heterocycles. The molecule has 120 valence electrons. The van der Waals surface area contributed by atoms with Gasteiger partial charge in [0.05, 0.1) is 5.56 Å². The summed E-state index contributed by atoms with van der Waals surface area (Å²) in [5, 5.41) is 5.42. The highest BCUT2D eigenvalue weighted by atomic mass is 16.5. The zero-order chi connectivity index (χ0) is 16.7. The van der Waals surface area contributed by atoms with Crippen LogP contribution in [0.4, 0.5) is 10.5 Å². The number of rotatable bonds is 5. The number of hydrogen-bond acceptors (Lipinski definition) is 3. The Morgan fingerprint density at radius 2 is 1.87 bits per heavy atom. The second-order valence-corrected chi connectivity index (χ2v) is 5.11. The topological polar surface area (TPSA) is 67.4 Å². The van der Waals surface area contributed by atoms with Crippen molar-refractivity contribution in [1.82, 2.24) is 5.32 Å². The minimum Gasteiger partial charge on any atom is -0.423 e. The van der Waals surface area contributed by atoms with Gasteiger partial charge in [-0.15, -0.1) is 0 Å². The van der Waals surface area contributed by atoms with E-state index >= 15 is 0 Å². The zero-order valence-corrected chi connectivity index (χ0v) is 13.3. The normalized spacial score (nSPS) is 10.0. The Morgan fingerprint density at radius 1 is 1.09 bits per heavy atom. The Bertz CT molecular complexity index is 698. The van der Waals surface area contributed by atoms with Crippen LogP contribution in [0.5, 0.6) is 5.75 Å². The van der Waals surface area contributed by atoms with Gasteiger partial charge >= 0.3 is 12.0 Å². The number of carbonyl (C=O) groups is 2. The summed E-state index contributed by atoms with van der Waals surface area (Å²) in [7, 11) is 0. The lowest BCUT2D eigenvalue weighted by molar-refractivity contribution is 0.0734.